The number of hydrogen-bond acceptors (Lipinski definition) is 5. The Labute approximate surface area is 128 Å². The minimum atomic E-state index is -0.990. The number of carbonyl (C=O) groups is 1. The van der Waals surface area contributed by atoms with Gasteiger partial charge in [-0.15, -0.1) is 0 Å². The van der Waals surface area contributed by atoms with Crippen molar-refractivity contribution in [3.8, 4) is 11.3 Å². The number of benzene rings is 1. The SMILES string of the molecule is CC(C)[C@@H](CO)Nc1nccnc1-c1cccc(C(=O)O)c1. The quantitative estimate of drug-likeness (QED) is 0.757. The average molecular weight is 301 g/mol. The number of nitrogens with zero attached hydrogens (tertiary/aromatic N) is 2. The van der Waals surface area contributed by atoms with Crippen LogP contribution in [0, 0.1) is 5.92 Å². The maximum Gasteiger partial charge on any atom is 0.335 e. The van der Waals surface area contributed by atoms with Gasteiger partial charge in [0.25, 0.3) is 0 Å². The Hall–Kier alpha value is -2.47. The van der Waals surface area contributed by atoms with E-state index in [0.717, 1.165) is 0 Å². The van der Waals surface area contributed by atoms with Gasteiger partial charge < -0.3 is 15.5 Å². The molecule has 1 heterocycles. The van der Waals surface area contributed by atoms with E-state index in [1.807, 2.05) is 13.8 Å². The molecule has 0 fully saturated rings. The average Bonchev–Trinajstić information content (AvgIpc) is 2.52. The van der Waals surface area contributed by atoms with Gasteiger partial charge in [-0.3, -0.25) is 4.98 Å². The molecule has 1 aromatic carbocycles. The van der Waals surface area contributed by atoms with Crippen LogP contribution in [0.2, 0.25) is 0 Å². The highest BCUT2D eigenvalue weighted by atomic mass is 16.4. The van der Waals surface area contributed by atoms with E-state index in [1.54, 1.807) is 30.6 Å². The molecule has 1 aromatic heterocycles. The van der Waals surface area contributed by atoms with Gasteiger partial charge in [0.15, 0.2) is 5.82 Å². The second-order valence-electron chi connectivity index (χ2n) is 5.32. The summed E-state index contributed by atoms with van der Waals surface area (Å²) in [5.41, 5.74) is 1.41. The molecule has 0 aliphatic heterocycles. The number of carboxylic acids is 1. The van der Waals surface area contributed by atoms with Crippen LogP contribution >= 0.6 is 0 Å². The standard InChI is InChI=1S/C16H19N3O3/c1-10(2)13(9-20)19-15-14(17-6-7-18-15)11-4-3-5-12(8-11)16(21)22/h3-8,10,13,20H,9H2,1-2H3,(H,18,19)(H,21,22)/t13-/m1/s1. The van der Waals surface area contributed by atoms with Crippen molar-refractivity contribution in [2.45, 2.75) is 19.9 Å². The molecule has 2 aromatic rings. The largest absolute Gasteiger partial charge is 0.478 e. The first-order chi connectivity index (χ1) is 10.5. The highest BCUT2D eigenvalue weighted by molar-refractivity contribution is 5.89. The number of aliphatic hydroxyl groups excluding tert-OH is 1. The molecule has 0 bridgehead atoms. The fourth-order valence-electron chi connectivity index (χ4n) is 2.05. The van der Waals surface area contributed by atoms with Gasteiger partial charge in [-0.25, -0.2) is 9.78 Å². The molecule has 0 saturated heterocycles. The van der Waals surface area contributed by atoms with Gasteiger partial charge in [-0.1, -0.05) is 26.0 Å². The molecule has 0 spiro atoms. The monoisotopic (exact) mass is 301 g/mol. The molecule has 1 atom stereocenters. The zero-order chi connectivity index (χ0) is 16.1. The molecule has 22 heavy (non-hydrogen) atoms. The predicted octanol–water partition coefficient (Wildman–Crippen LogP) is 2.27. The zero-order valence-corrected chi connectivity index (χ0v) is 12.5. The first-order valence-corrected chi connectivity index (χ1v) is 7.05. The predicted molar refractivity (Wildman–Crippen MR) is 83.8 cm³/mol. The highest BCUT2D eigenvalue weighted by Crippen LogP contribution is 2.25. The van der Waals surface area contributed by atoms with Crippen LogP contribution in [-0.4, -0.2) is 38.8 Å². The molecule has 6 nitrogen and oxygen atoms in total. The van der Waals surface area contributed by atoms with Crippen molar-refractivity contribution in [2.24, 2.45) is 5.92 Å². The van der Waals surface area contributed by atoms with Crippen LogP contribution in [0.4, 0.5) is 5.82 Å². The zero-order valence-electron chi connectivity index (χ0n) is 12.5. The number of carboxylic acid groups (broad SMARTS) is 1. The van der Waals surface area contributed by atoms with Crippen molar-refractivity contribution in [1.82, 2.24) is 9.97 Å². The third-order valence-electron chi connectivity index (χ3n) is 3.40. The van der Waals surface area contributed by atoms with Crippen LogP contribution < -0.4 is 5.32 Å². The van der Waals surface area contributed by atoms with E-state index in [4.69, 9.17) is 5.11 Å². The Kier molecular flexibility index (Phi) is 5.06. The summed E-state index contributed by atoms with van der Waals surface area (Å²) in [5, 5.41) is 21.7. The number of hydrogen-bond donors (Lipinski definition) is 3. The van der Waals surface area contributed by atoms with Crippen molar-refractivity contribution in [3.63, 3.8) is 0 Å². The molecule has 0 unspecified atom stereocenters. The maximum atomic E-state index is 11.1. The Morgan fingerprint density at radius 3 is 2.64 bits per heavy atom. The lowest BCUT2D eigenvalue weighted by molar-refractivity contribution is 0.0697. The normalized spacial score (nSPS) is 12.2. The van der Waals surface area contributed by atoms with Crippen molar-refractivity contribution in [1.29, 1.82) is 0 Å². The molecule has 0 saturated carbocycles. The topological polar surface area (TPSA) is 95.3 Å². The summed E-state index contributed by atoms with van der Waals surface area (Å²) in [4.78, 5) is 19.7. The third kappa shape index (κ3) is 3.59. The van der Waals surface area contributed by atoms with Crippen LogP contribution in [0.1, 0.15) is 24.2 Å². The minimum Gasteiger partial charge on any atom is -0.478 e. The Morgan fingerprint density at radius 2 is 2.00 bits per heavy atom. The summed E-state index contributed by atoms with van der Waals surface area (Å²) in [7, 11) is 0. The van der Waals surface area contributed by atoms with Crippen LogP contribution in [0.5, 0.6) is 0 Å². The van der Waals surface area contributed by atoms with Gasteiger partial charge in [0.2, 0.25) is 0 Å². The molecule has 6 heteroatoms. The van der Waals surface area contributed by atoms with Gasteiger partial charge in [0, 0.05) is 18.0 Å². The van der Waals surface area contributed by atoms with Gasteiger partial charge in [-0.05, 0) is 18.1 Å². The Balaban J connectivity index is 2.40. The van der Waals surface area contributed by atoms with Crippen molar-refractivity contribution in [2.75, 3.05) is 11.9 Å². The summed E-state index contributed by atoms with van der Waals surface area (Å²) >= 11 is 0. The summed E-state index contributed by atoms with van der Waals surface area (Å²) in [6, 6.07) is 6.38. The third-order valence-corrected chi connectivity index (χ3v) is 3.40. The molecular weight excluding hydrogens is 282 g/mol. The fraction of sp³-hybridized carbons (Fsp3) is 0.312. The number of aromatic carboxylic acids is 1. The summed E-state index contributed by atoms with van der Waals surface area (Å²) in [6.45, 7) is 3.97. The van der Waals surface area contributed by atoms with Gasteiger partial charge in [-0.2, -0.15) is 0 Å². The molecule has 2 rings (SSSR count). The number of aromatic nitrogens is 2. The lowest BCUT2D eigenvalue weighted by Crippen LogP contribution is -2.30. The number of rotatable bonds is 6. The molecule has 3 N–H and O–H groups in total. The Bertz CT molecular complexity index is 659. The van der Waals surface area contributed by atoms with E-state index in [-0.39, 0.29) is 24.1 Å². The van der Waals surface area contributed by atoms with Crippen molar-refractivity contribution in [3.05, 3.63) is 42.2 Å². The van der Waals surface area contributed by atoms with E-state index in [9.17, 15) is 9.90 Å². The molecule has 0 aliphatic rings. The van der Waals surface area contributed by atoms with E-state index >= 15 is 0 Å². The first-order valence-electron chi connectivity index (χ1n) is 7.05. The lowest BCUT2D eigenvalue weighted by Gasteiger charge is -2.21. The lowest BCUT2D eigenvalue weighted by atomic mass is 10.0. The van der Waals surface area contributed by atoms with Crippen LogP contribution in [-0.2, 0) is 0 Å². The van der Waals surface area contributed by atoms with Gasteiger partial charge in [0.05, 0.1) is 18.2 Å². The highest BCUT2D eigenvalue weighted by Gasteiger charge is 2.16. The van der Waals surface area contributed by atoms with Crippen molar-refractivity contribution < 1.29 is 15.0 Å². The summed E-state index contributed by atoms with van der Waals surface area (Å²) < 4.78 is 0. The van der Waals surface area contributed by atoms with Crippen LogP contribution in [0.15, 0.2) is 36.7 Å². The Morgan fingerprint density at radius 1 is 1.27 bits per heavy atom. The number of aliphatic hydroxyl groups is 1. The molecular formula is C16H19N3O3. The van der Waals surface area contributed by atoms with Crippen molar-refractivity contribution >= 4 is 11.8 Å². The maximum absolute atomic E-state index is 11.1. The van der Waals surface area contributed by atoms with E-state index in [1.165, 1.54) is 6.07 Å². The second kappa shape index (κ2) is 7.00. The summed E-state index contributed by atoms with van der Waals surface area (Å²) in [5.74, 6) is -0.251. The number of nitrogens with one attached hydrogen (secondary N) is 1. The second-order valence-corrected chi connectivity index (χ2v) is 5.32. The van der Waals surface area contributed by atoms with E-state index in [0.29, 0.717) is 17.1 Å². The molecule has 0 aliphatic carbocycles. The van der Waals surface area contributed by atoms with E-state index < -0.39 is 5.97 Å². The van der Waals surface area contributed by atoms with Gasteiger partial charge >= 0.3 is 5.97 Å². The fourth-order valence-corrected chi connectivity index (χ4v) is 2.05. The first kappa shape index (κ1) is 15.9. The molecule has 0 amide bonds. The summed E-state index contributed by atoms with van der Waals surface area (Å²) in [6.07, 6.45) is 3.11. The van der Waals surface area contributed by atoms with Gasteiger partial charge in [0.1, 0.15) is 5.69 Å². The minimum absolute atomic E-state index is 0.0250. The smallest absolute Gasteiger partial charge is 0.335 e. The number of anilines is 1. The molecule has 116 valence electrons. The van der Waals surface area contributed by atoms with Crippen LogP contribution in [0.25, 0.3) is 11.3 Å². The van der Waals surface area contributed by atoms with E-state index in [2.05, 4.69) is 15.3 Å². The van der Waals surface area contributed by atoms with Crippen LogP contribution in [0.3, 0.4) is 0 Å². The molecule has 0 radical (unpaired) electrons.